The van der Waals surface area contributed by atoms with Crippen LogP contribution in [0.3, 0.4) is 0 Å². The zero-order valence-corrected chi connectivity index (χ0v) is 9.79. The number of amidine groups is 1. The lowest BCUT2D eigenvalue weighted by atomic mass is 10.3. The van der Waals surface area contributed by atoms with Gasteiger partial charge in [0.25, 0.3) is 5.91 Å². The second kappa shape index (κ2) is 4.36. The van der Waals surface area contributed by atoms with Gasteiger partial charge in [-0.3, -0.25) is 21.1 Å². The number of hydroxylamine groups is 1. The first kappa shape index (κ1) is 11.3. The molecule has 2 rings (SSSR count). The summed E-state index contributed by atoms with van der Waals surface area (Å²) in [6, 6.07) is 7.10. The van der Waals surface area contributed by atoms with Gasteiger partial charge in [-0.2, -0.15) is 5.06 Å². The van der Waals surface area contributed by atoms with Crippen LogP contribution in [0.4, 0.5) is 5.69 Å². The molecule has 84 valence electrons. The predicted molar refractivity (Wildman–Crippen MR) is 64.1 cm³/mol. The summed E-state index contributed by atoms with van der Waals surface area (Å²) in [4.78, 5) is 12.6. The SMILES string of the molecule is NC(=[NH2+])S[C@@H]1Sc2ccccc2N(O)C1=O. The highest BCUT2D eigenvalue weighted by Crippen LogP contribution is 2.41. The molecular formula is C9H10N3O2S2+. The molecule has 1 heterocycles. The highest BCUT2D eigenvalue weighted by molar-refractivity contribution is 8.25. The summed E-state index contributed by atoms with van der Waals surface area (Å²) in [5.74, 6) is -0.429. The Morgan fingerprint density at radius 2 is 2.25 bits per heavy atom. The van der Waals surface area contributed by atoms with Crippen LogP contribution < -0.4 is 16.2 Å². The molecule has 0 unspecified atom stereocenters. The number of amides is 1. The maximum absolute atomic E-state index is 11.7. The topological polar surface area (TPSA) is 92.2 Å². The van der Waals surface area contributed by atoms with Crippen LogP contribution in [0.1, 0.15) is 0 Å². The lowest BCUT2D eigenvalue weighted by Gasteiger charge is -2.27. The fourth-order valence-corrected chi connectivity index (χ4v) is 3.46. The number of carbonyl (C=O) groups is 1. The van der Waals surface area contributed by atoms with Crippen LogP contribution in [-0.4, -0.2) is 20.9 Å². The molecule has 7 heteroatoms. The number of nitrogens with two attached hydrogens (primary N) is 2. The first-order chi connectivity index (χ1) is 7.59. The second-order valence-electron chi connectivity index (χ2n) is 3.09. The number of rotatable bonds is 1. The van der Waals surface area contributed by atoms with Crippen molar-refractivity contribution < 1.29 is 15.4 Å². The normalized spacial score (nSPS) is 19.4. The number of para-hydroxylation sites is 1. The molecule has 1 aliphatic heterocycles. The van der Waals surface area contributed by atoms with Crippen LogP contribution in [0.15, 0.2) is 29.2 Å². The van der Waals surface area contributed by atoms with E-state index >= 15 is 0 Å². The molecular weight excluding hydrogens is 246 g/mol. The summed E-state index contributed by atoms with van der Waals surface area (Å²) in [6.07, 6.45) is 0. The van der Waals surface area contributed by atoms with E-state index in [1.807, 2.05) is 12.1 Å². The Labute approximate surface area is 100 Å². The Kier molecular flexibility index (Phi) is 3.08. The number of carbonyl (C=O) groups excluding carboxylic acids is 1. The molecule has 0 saturated heterocycles. The van der Waals surface area contributed by atoms with Crippen molar-refractivity contribution in [2.24, 2.45) is 5.73 Å². The van der Waals surface area contributed by atoms with Crippen LogP contribution in [0.25, 0.3) is 0 Å². The molecule has 0 bridgehead atoms. The number of anilines is 1. The van der Waals surface area contributed by atoms with Crippen molar-refractivity contribution in [3.63, 3.8) is 0 Å². The third kappa shape index (κ3) is 2.01. The molecule has 0 radical (unpaired) electrons. The molecule has 1 aromatic carbocycles. The van der Waals surface area contributed by atoms with Crippen LogP contribution >= 0.6 is 23.5 Å². The van der Waals surface area contributed by atoms with Crippen molar-refractivity contribution in [3.8, 4) is 0 Å². The van der Waals surface area contributed by atoms with Crippen molar-refractivity contribution >= 4 is 40.3 Å². The van der Waals surface area contributed by atoms with E-state index in [2.05, 4.69) is 0 Å². The van der Waals surface area contributed by atoms with Gasteiger partial charge < -0.3 is 0 Å². The quantitative estimate of drug-likeness (QED) is 0.363. The van der Waals surface area contributed by atoms with Gasteiger partial charge in [-0.1, -0.05) is 23.9 Å². The van der Waals surface area contributed by atoms with Crippen molar-refractivity contribution in [1.82, 2.24) is 0 Å². The second-order valence-corrected chi connectivity index (χ2v) is 5.71. The predicted octanol–water partition coefficient (Wildman–Crippen LogP) is -0.352. The maximum Gasteiger partial charge on any atom is 0.301 e. The Hall–Kier alpha value is -1.18. The molecule has 1 aromatic rings. The van der Waals surface area contributed by atoms with Gasteiger partial charge >= 0.3 is 5.17 Å². The van der Waals surface area contributed by atoms with Gasteiger partial charge in [0, 0.05) is 4.90 Å². The van der Waals surface area contributed by atoms with Crippen molar-refractivity contribution in [1.29, 1.82) is 0 Å². The molecule has 0 aromatic heterocycles. The van der Waals surface area contributed by atoms with E-state index in [-0.39, 0.29) is 5.17 Å². The average molecular weight is 256 g/mol. The molecule has 1 aliphatic rings. The van der Waals surface area contributed by atoms with Crippen LogP contribution in [0.5, 0.6) is 0 Å². The Balaban J connectivity index is 2.32. The molecule has 0 spiro atoms. The van der Waals surface area contributed by atoms with Crippen molar-refractivity contribution in [2.45, 2.75) is 9.48 Å². The van der Waals surface area contributed by atoms with Crippen LogP contribution in [0.2, 0.25) is 0 Å². The zero-order valence-electron chi connectivity index (χ0n) is 8.16. The summed E-state index contributed by atoms with van der Waals surface area (Å²) in [6.45, 7) is 0. The number of hydrogen-bond acceptors (Lipinski definition) is 4. The van der Waals surface area contributed by atoms with E-state index in [1.54, 1.807) is 12.1 Å². The molecule has 16 heavy (non-hydrogen) atoms. The van der Waals surface area contributed by atoms with Gasteiger partial charge in [0.15, 0.2) is 0 Å². The Morgan fingerprint density at radius 3 is 2.94 bits per heavy atom. The Bertz CT molecular complexity index is 452. The summed E-state index contributed by atoms with van der Waals surface area (Å²) >= 11 is 2.36. The minimum absolute atomic E-state index is 0.110. The number of benzene rings is 1. The van der Waals surface area contributed by atoms with Gasteiger partial charge in [0.05, 0.1) is 5.69 Å². The number of thioether (sulfide) groups is 2. The highest BCUT2D eigenvalue weighted by atomic mass is 32.2. The van der Waals surface area contributed by atoms with Gasteiger partial charge in [-0.15, -0.1) is 0 Å². The largest absolute Gasteiger partial charge is 0.301 e. The van der Waals surface area contributed by atoms with E-state index < -0.39 is 10.5 Å². The lowest BCUT2D eigenvalue weighted by Crippen LogP contribution is -2.46. The monoisotopic (exact) mass is 256 g/mol. The number of nitrogens with zero attached hydrogens (tertiary/aromatic N) is 1. The van der Waals surface area contributed by atoms with Gasteiger partial charge in [0.2, 0.25) is 0 Å². The fourth-order valence-electron chi connectivity index (χ4n) is 1.31. The summed E-state index contributed by atoms with van der Waals surface area (Å²) in [7, 11) is 0. The molecule has 0 saturated carbocycles. The van der Waals surface area contributed by atoms with Gasteiger partial charge in [0.1, 0.15) is 4.58 Å². The van der Waals surface area contributed by atoms with E-state index in [9.17, 15) is 10.0 Å². The summed E-state index contributed by atoms with van der Waals surface area (Å²) in [5, 5.41) is 15.8. The van der Waals surface area contributed by atoms with Crippen LogP contribution in [0, 0.1) is 0 Å². The minimum Gasteiger partial charge on any atom is -0.282 e. The van der Waals surface area contributed by atoms with Crippen LogP contribution in [-0.2, 0) is 4.79 Å². The third-order valence-electron chi connectivity index (χ3n) is 1.98. The van der Waals surface area contributed by atoms with Gasteiger partial charge in [-0.05, 0) is 23.9 Å². The van der Waals surface area contributed by atoms with E-state index in [0.717, 1.165) is 16.7 Å². The van der Waals surface area contributed by atoms with E-state index in [4.69, 9.17) is 11.1 Å². The third-order valence-corrected chi connectivity index (χ3v) is 4.26. The minimum atomic E-state index is -0.537. The van der Waals surface area contributed by atoms with Crippen molar-refractivity contribution in [2.75, 3.05) is 5.06 Å². The van der Waals surface area contributed by atoms with Gasteiger partial charge in [-0.25, -0.2) is 0 Å². The van der Waals surface area contributed by atoms with E-state index in [0.29, 0.717) is 10.8 Å². The first-order valence-corrected chi connectivity index (χ1v) is 6.18. The Morgan fingerprint density at radius 1 is 1.56 bits per heavy atom. The summed E-state index contributed by atoms with van der Waals surface area (Å²) < 4.78 is -0.537. The highest BCUT2D eigenvalue weighted by Gasteiger charge is 2.34. The first-order valence-electron chi connectivity index (χ1n) is 4.42. The number of hydrogen-bond donors (Lipinski definition) is 3. The number of fused-ring (bicyclic) bond motifs is 1. The average Bonchev–Trinajstić information content (AvgIpc) is 2.25. The molecule has 5 N–H and O–H groups in total. The zero-order chi connectivity index (χ0) is 11.7. The molecule has 1 atom stereocenters. The maximum atomic E-state index is 11.7. The molecule has 1 amide bonds. The van der Waals surface area contributed by atoms with Crippen molar-refractivity contribution in [3.05, 3.63) is 24.3 Å². The lowest BCUT2D eigenvalue weighted by molar-refractivity contribution is -0.122. The molecule has 0 aliphatic carbocycles. The summed E-state index contributed by atoms with van der Waals surface area (Å²) in [5.41, 5.74) is 5.83. The molecule has 0 fully saturated rings. The molecule has 5 nitrogen and oxygen atoms in total. The van der Waals surface area contributed by atoms with E-state index in [1.165, 1.54) is 11.8 Å². The standard InChI is InChI=1S/C9H9N3O2S2/c10-9(11)16-8-7(13)12(14)5-3-1-2-4-6(5)15-8/h1-4,8,14H,(H3,10,11)/p+1/t8-/m0/s1. The fraction of sp³-hybridized carbons (Fsp3) is 0.111. The smallest absolute Gasteiger partial charge is 0.282 e.